The minimum Gasteiger partial charge on any atom is -0.496 e. The molecule has 1 unspecified atom stereocenters. The molecule has 1 saturated heterocycles. The Bertz CT molecular complexity index is 650. The van der Waals surface area contributed by atoms with Crippen LogP contribution in [0.25, 0.3) is 0 Å². The highest BCUT2D eigenvalue weighted by Crippen LogP contribution is 2.50. The second kappa shape index (κ2) is 10.9. The minimum atomic E-state index is -0.249. The summed E-state index contributed by atoms with van der Waals surface area (Å²) in [5.74, 6) is 1.06. The fourth-order valence-corrected chi connectivity index (χ4v) is 4.67. The van der Waals surface area contributed by atoms with Gasteiger partial charge in [-0.05, 0) is 27.2 Å². The van der Waals surface area contributed by atoms with Crippen LogP contribution in [-0.2, 0) is 14.3 Å². The van der Waals surface area contributed by atoms with Crippen molar-refractivity contribution < 1.29 is 14.3 Å². The predicted octanol–water partition coefficient (Wildman–Crippen LogP) is 3.66. The smallest absolute Gasteiger partial charge is 0.221 e. The van der Waals surface area contributed by atoms with Crippen molar-refractivity contribution in [3.63, 3.8) is 0 Å². The van der Waals surface area contributed by atoms with E-state index in [4.69, 9.17) is 9.47 Å². The summed E-state index contributed by atoms with van der Waals surface area (Å²) in [4.78, 5) is 15.3. The topological polar surface area (TPSA) is 50.8 Å². The third kappa shape index (κ3) is 6.54. The van der Waals surface area contributed by atoms with E-state index in [9.17, 15) is 4.79 Å². The van der Waals surface area contributed by atoms with E-state index in [-0.39, 0.29) is 10.7 Å². The molecular formula is C22H34N2O3S. The van der Waals surface area contributed by atoms with E-state index in [0.29, 0.717) is 19.6 Å². The van der Waals surface area contributed by atoms with Crippen LogP contribution < -0.4 is 5.32 Å². The molecule has 1 fully saturated rings. The zero-order valence-corrected chi connectivity index (χ0v) is 18.3. The molecule has 2 aliphatic heterocycles. The number of allylic oxidation sites excluding steroid dienone is 3. The van der Waals surface area contributed by atoms with Gasteiger partial charge in [0, 0.05) is 43.1 Å². The molecule has 0 aromatic carbocycles. The number of ether oxygens (including phenoxy) is 2. The molecule has 28 heavy (non-hydrogen) atoms. The van der Waals surface area contributed by atoms with Gasteiger partial charge in [-0.1, -0.05) is 30.9 Å². The van der Waals surface area contributed by atoms with Gasteiger partial charge in [0.15, 0.2) is 0 Å². The number of morpholine rings is 1. The summed E-state index contributed by atoms with van der Waals surface area (Å²) >= 11 is 1.72. The number of carbonyl (C=O) groups is 1. The Morgan fingerprint density at radius 2 is 2.14 bits per heavy atom. The minimum absolute atomic E-state index is 0.0982. The van der Waals surface area contributed by atoms with Crippen LogP contribution in [-0.4, -0.2) is 61.6 Å². The summed E-state index contributed by atoms with van der Waals surface area (Å²) in [5, 5.41) is 2.99. The first-order chi connectivity index (χ1) is 13.4. The third-order valence-electron chi connectivity index (χ3n) is 5.02. The average Bonchev–Trinajstić information content (AvgIpc) is 2.89. The highest BCUT2D eigenvalue weighted by atomic mass is 32.2. The maximum atomic E-state index is 12.0. The van der Waals surface area contributed by atoms with E-state index in [0.717, 1.165) is 61.1 Å². The maximum Gasteiger partial charge on any atom is 0.221 e. The van der Waals surface area contributed by atoms with E-state index in [1.165, 1.54) is 0 Å². The second-order valence-corrected chi connectivity index (χ2v) is 8.98. The Balaban J connectivity index is 1.72. The van der Waals surface area contributed by atoms with E-state index in [2.05, 4.69) is 43.3 Å². The lowest BCUT2D eigenvalue weighted by molar-refractivity contribution is -0.121. The highest BCUT2D eigenvalue weighted by molar-refractivity contribution is 8.05. The van der Waals surface area contributed by atoms with Gasteiger partial charge in [0.2, 0.25) is 5.91 Å². The number of thioether (sulfide) groups is 1. The van der Waals surface area contributed by atoms with Crippen molar-refractivity contribution in [3.8, 4) is 0 Å². The van der Waals surface area contributed by atoms with Crippen LogP contribution >= 0.6 is 11.8 Å². The lowest BCUT2D eigenvalue weighted by Crippen LogP contribution is -2.39. The van der Waals surface area contributed by atoms with Gasteiger partial charge >= 0.3 is 0 Å². The SMILES string of the molecule is C=C/C(C)=C/C1(C)SC(=C)C(C)=C1OCCCNC(=O)CCN1CCOCC1. The summed E-state index contributed by atoms with van der Waals surface area (Å²) in [6.45, 7) is 19.6. The van der Waals surface area contributed by atoms with Crippen LogP contribution in [0.5, 0.6) is 0 Å². The number of nitrogens with zero attached hydrogens (tertiary/aromatic N) is 1. The molecule has 0 aromatic rings. The fourth-order valence-electron chi connectivity index (χ4n) is 3.36. The van der Waals surface area contributed by atoms with Gasteiger partial charge < -0.3 is 14.8 Å². The van der Waals surface area contributed by atoms with Crippen molar-refractivity contribution >= 4 is 17.7 Å². The first-order valence-corrected chi connectivity index (χ1v) is 10.8. The molecule has 1 amide bonds. The maximum absolute atomic E-state index is 12.0. The Labute approximate surface area is 173 Å². The molecule has 0 saturated carbocycles. The van der Waals surface area contributed by atoms with Gasteiger partial charge in [-0.15, -0.1) is 11.8 Å². The molecule has 0 aromatic heterocycles. The van der Waals surface area contributed by atoms with Crippen LogP contribution in [0, 0.1) is 0 Å². The number of hydrogen-bond acceptors (Lipinski definition) is 5. The Kier molecular flexibility index (Phi) is 8.86. The Morgan fingerprint density at radius 1 is 1.43 bits per heavy atom. The molecule has 0 bridgehead atoms. The third-order valence-corrected chi connectivity index (χ3v) is 6.30. The fraction of sp³-hybridized carbons (Fsp3) is 0.591. The zero-order chi connectivity index (χ0) is 20.6. The number of carbonyl (C=O) groups excluding carboxylic acids is 1. The van der Waals surface area contributed by atoms with Gasteiger partial charge in [-0.2, -0.15) is 0 Å². The monoisotopic (exact) mass is 406 g/mol. The van der Waals surface area contributed by atoms with Gasteiger partial charge in [-0.25, -0.2) is 0 Å². The molecular weight excluding hydrogens is 372 g/mol. The van der Waals surface area contributed by atoms with Crippen molar-refractivity contribution in [3.05, 3.63) is 47.1 Å². The summed E-state index contributed by atoms with van der Waals surface area (Å²) in [7, 11) is 0. The van der Waals surface area contributed by atoms with Crippen molar-refractivity contribution in [1.82, 2.24) is 10.2 Å². The van der Waals surface area contributed by atoms with Crippen LogP contribution in [0.15, 0.2) is 47.1 Å². The summed E-state index contributed by atoms with van der Waals surface area (Å²) in [5.41, 5.74) is 2.22. The zero-order valence-electron chi connectivity index (χ0n) is 17.5. The molecule has 2 rings (SSSR count). The molecule has 1 N–H and O–H groups in total. The van der Waals surface area contributed by atoms with Gasteiger partial charge in [0.1, 0.15) is 5.76 Å². The van der Waals surface area contributed by atoms with Gasteiger partial charge in [0.25, 0.3) is 0 Å². The van der Waals surface area contributed by atoms with E-state index < -0.39 is 0 Å². The summed E-state index contributed by atoms with van der Waals surface area (Å²) < 4.78 is 11.2. The molecule has 156 valence electrons. The molecule has 5 nitrogen and oxygen atoms in total. The molecule has 2 heterocycles. The normalized spacial score (nSPS) is 23.8. The molecule has 6 heteroatoms. The van der Waals surface area contributed by atoms with E-state index >= 15 is 0 Å². The van der Waals surface area contributed by atoms with Crippen molar-refractivity contribution in [2.24, 2.45) is 0 Å². The quantitative estimate of drug-likeness (QED) is 0.443. The number of nitrogens with one attached hydrogen (secondary N) is 1. The van der Waals surface area contributed by atoms with Crippen LogP contribution in [0.1, 0.15) is 33.6 Å². The second-order valence-electron chi connectivity index (χ2n) is 7.43. The van der Waals surface area contributed by atoms with Crippen molar-refractivity contribution in [2.45, 2.75) is 38.4 Å². The van der Waals surface area contributed by atoms with Crippen molar-refractivity contribution in [2.75, 3.05) is 46.0 Å². The lowest BCUT2D eigenvalue weighted by Gasteiger charge is -2.26. The lowest BCUT2D eigenvalue weighted by atomic mass is 10.0. The van der Waals surface area contributed by atoms with Crippen LogP contribution in [0.4, 0.5) is 0 Å². The molecule has 0 aliphatic carbocycles. The summed E-state index contributed by atoms with van der Waals surface area (Å²) in [6, 6.07) is 0. The average molecular weight is 407 g/mol. The van der Waals surface area contributed by atoms with Gasteiger partial charge in [-0.3, -0.25) is 9.69 Å². The molecule has 0 radical (unpaired) electrons. The Hall–Kier alpha value is -1.50. The number of hydrogen-bond donors (Lipinski definition) is 1. The Morgan fingerprint density at radius 3 is 2.82 bits per heavy atom. The number of amides is 1. The molecule has 2 aliphatic rings. The van der Waals surface area contributed by atoms with Crippen LogP contribution in [0.2, 0.25) is 0 Å². The predicted molar refractivity (Wildman–Crippen MR) is 117 cm³/mol. The molecule has 1 atom stereocenters. The van der Waals surface area contributed by atoms with Crippen LogP contribution in [0.3, 0.4) is 0 Å². The standard InChI is InChI=1S/C22H34N2O3S/c1-6-17(2)16-22(5)21(18(3)19(4)28-22)27-13-7-9-23-20(25)8-10-24-11-14-26-15-12-24/h6,16H,1,4,7-15H2,2-3,5H3,(H,23,25)/b17-16+. The van der Waals surface area contributed by atoms with Gasteiger partial charge in [0.05, 0.1) is 24.6 Å². The first kappa shape index (κ1) is 22.8. The summed E-state index contributed by atoms with van der Waals surface area (Å²) in [6.07, 6.45) is 5.34. The van der Waals surface area contributed by atoms with E-state index in [1.54, 1.807) is 11.8 Å². The van der Waals surface area contributed by atoms with Crippen molar-refractivity contribution in [1.29, 1.82) is 0 Å². The highest BCUT2D eigenvalue weighted by Gasteiger charge is 2.38. The first-order valence-electron chi connectivity index (χ1n) is 9.97. The van der Waals surface area contributed by atoms with E-state index in [1.807, 2.05) is 13.0 Å². The molecule has 0 spiro atoms. The largest absolute Gasteiger partial charge is 0.496 e. The number of rotatable bonds is 10.